The first-order valence-corrected chi connectivity index (χ1v) is 2.87. The van der Waals surface area contributed by atoms with Gasteiger partial charge in [-0.05, 0) is 11.3 Å². The summed E-state index contributed by atoms with van der Waals surface area (Å²) in [4.78, 5) is 0. The molecule has 1 rings (SSSR count). The highest BCUT2D eigenvalue weighted by atomic mass is 28.1. The number of hydrogen-bond donors (Lipinski definition) is 0. The second-order valence-electron chi connectivity index (χ2n) is 1.62. The first kappa shape index (κ1) is 6.42. The standard InChI is InChI=1S/C6H3F2Si/c7-4-1-2-6(9)5(8)3-4/h1-3H. The molecule has 0 heterocycles. The highest BCUT2D eigenvalue weighted by molar-refractivity contribution is 6.32. The largest absolute Gasteiger partial charge is 0.207 e. The number of hydrogen-bond acceptors (Lipinski definition) is 0. The van der Waals surface area contributed by atoms with Crippen LogP contribution in [0.25, 0.3) is 0 Å². The summed E-state index contributed by atoms with van der Waals surface area (Å²) < 4.78 is 24.4. The quantitative estimate of drug-likeness (QED) is 0.468. The highest BCUT2D eigenvalue weighted by Crippen LogP contribution is 1.96. The van der Waals surface area contributed by atoms with E-state index in [2.05, 4.69) is 10.2 Å². The number of halogens is 2. The van der Waals surface area contributed by atoms with E-state index < -0.39 is 11.6 Å². The van der Waals surface area contributed by atoms with Crippen LogP contribution in [0.4, 0.5) is 8.78 Å². The number of rotatable bonds is 0. The summed E-state index contributed by atoms with van der Waals surface area (Å²) >= 11 is 0. The van der Waals surface area contributed by atoms with Crippen molar-refractivity contribution >= 4 is 15.4 Å². The number of benzene rings is 1. The van der Waals surface area contributed by atoms with Crippen molar-refractivity contribution in [2.24, 2.45) is 0 Å². The summed E-state index contributed by atoms with van der Waals surface area (Å²) in [5, 5.41) is 0.274. The van der Waals surface area contributed by atoms with Crippen LogP contribution in [-0.2, 0) is 0 Å². The lowest BCUT2D eigenvalue weighted by molar-refractivity contribution is 0.588. The molecule has 1 aromatic carbocycles. The van der Waals surface area contributed by atoms with Crippen LogP contribution >= 0.6 is 0 Å². The summed E-state index contributed by atoms with van der Waals surface area (Å²) in [7, 11) is 2.94. The maximum Gasteiger partial charge on any atom is 0.126 e. The Morgan fingerprint density at radius 2 is 1.89 bits per heavy atom. The van der Waals surface area contributed by atoms with E-state index in [1.807, 2.05) is 0 Å². The van der Waals surface area contributed by atoms with Gasteiger partial charge in [0.25, 0.3) is 0 Å². The zero-order chi connectivity index (χ0) is 6.85. The topological polar surface area (TPSA) is 0 Å². The molecule has 0 unspecified atom stereocenters. The molecule has 0 aliphatic rings. The first-order chi connectivity index (χ1) is 4.20. The normalized spacial score (nSPS) is 9.67. The summed E-state index contributed by atoms with van der Waals surface area (Å²) in [6, 6.07) is 3.33. The van der Waals surface area contributed by atoms with Crippen molar-refractivity contribution in [2.45, 2.75) is 0 Å². The van der Waals surface area contributed by atoms with E-state index in [0.29, 0.717) is 0 Å². The third-order valence-corrected chi connectivity index (χ3v) is 1.34. The van der Waals surface area contributed by atoms with Crippen LogP contribution in [-0.4, -0.2) is 10.2 Å². The Labute approximate surface area is 54.9 Å². The molecule has 0 aliphatic carbocycles. The molecule has 0 saturated heterocycles. The lowest BCUT2D eigenvalue weighted by atomic mass is 10.3. The van der Waals surface area contributed by atoms with E-state index in [0.717, 1.165) is 6.07 Å². The van der Waals surface area contributed by atoms with Gasteiger partial charge in [-0.2, -0.15) is 0 Å². The molecule has 9 heavy (non-hydrogen) atoms. The van der Waals surface area contributed by atoms with E-state index >= 15 is 0 Å². The fourth-order valence-electron chi connectivity index (χ4n) is 0.489. The van der Waals surface area contributed by atoms with E-state index in [9.17, 15) is 8.78 Å². The molecule has 0 aliphatic heterocycles. The van der Waals surface area contributed by atoms with Crippen molar-refractivity contribution in [3.63, 3.8) is 0 Å². The molecule has 0 N–H and O–H groups in total. The third kappa shape index (κ3) is 1.35. The smallest absolute Gasteiger partial charge is 0.126 e. The Morgan fingerprint density at radius 3 is 2.33 bits per heavy atom. The van der Waals surface area contributed by atoms with Gasteiger partial charge in [-0.25, -0.2) is 8.78 Å². The van der Waals surface area contributed by atoms with Gasteiger partial charge in [0.15, 0.2) is 0 Å². The lowest BCUT2D eigenvalue weighted by Gasteiger charge is -1.92. The Hall–Kier alpha value is -0.703. The first-order valence-electron chi connectivity index (χ1n) is 2.37. The molecule has 0 aromatic heterocycles. The molecule has 3 heteroatoms. The van der Waals surface area contributed by atoms with Crippen LogP contribution in [0.2, 0.25) is 0 Å². The monoisotopic (exact) mass is 141 g/mol. The van der Waals surface area contributed by atoms with Crippen molar-refractivity contribution in [3.8, 4) is 0 Å². The van der Waals surface area contributed by atoms with Crippen LogP contribution in [0.1, 0.15) is 0 Å². The Bertz CT molecular complexity index is 222. The zero-order valence-electron chi connectivity index (χ0n) is 4.49. The van der Waals surface area contributed by atoms with E-state index in [1.165, 1.54) is 12.1 Å². The van der Waals surface area contributed by atoms with Gasteiger partial charge < -0.3 is 0 Å². The summed E-state index contributed by atoms with van der Waals surface area (Å²) in [5.41, 5.74) is 0. The van der Waals surface area contributed by atoms with Gasteiger partial charge in [0.1, 0.15) is 11.6 Å². The van der Waals surface area contributed by atoms with Crippen molar-refractivity contribution < 1.29 is 8.78 Å². The van der Waals surface area contributed by atoms with Crippen molar-refractivity contribution in [1.82, 2.24) is 0 Å². The fourth-order valence-corrected chi connectivity index (χ4v) is 0.645. The van der Waals surface area contributed by atoms with Gasteiger partial charge >= 0.3 is 0 Å². The van der Waals surface area contributed by atoms with Crippen molar-refractivity contribution in [2.75, 3.05) is 0 Å². The second kappa shape index (κ2) is 2.27. The van der Waals surface area contributed by atoms with Gasteiger partial charge in [0.2, 0.25) is 0 Å². The van der Waals surface area contributed by atoms with Gasteiger partial charge in [-0.15, -0.1) is 0 Å². The maximum absolute atomic E-state index is 12.3. The summed E-state index contributed by atoms with van der Waals surface area (Å²) in [6.45, 7) is 0. The molecule has 1 aromatic rings. The predicted molar refractivity (Wildman–Crippen MR) is 31.7 cm³/mol. The van der Waals surface area contributed by atoms with E-state index in [4.69, 9.17) is 0 Å². The van der Waals surface area contributed by atoms with Gasteiger partial charge in [-0.1, -0.05) is 6.07 Å². The van der Waals surface area contributed by atoms with Crippen molar-refractivity contribution in [1.29, 1.82) is 0 Å². The average molecular weight is 141 g/mol. The van der Waals surface area contributed by atoms with Gasteiger partial charge in [0, 0.05) is 6.07 Å². The predicted octanol–water partition coefficient (Wildman–Crippen LogP) is 0.759. The molecule has 0 amide bonds. The SMILES string of the molecule is Fc1ccc([Si])c(F)c1. The molecule has 0 bridgehead atoms. The molecule has 3 radical (unpaired) electrons. The van der Waals surface area contributed by atoms with E-state index in [-0.39, 0.29) is 5.19 Å². The van der Waals surface area contributed by atoms with Gasteiger partial charge in [-0.3, -0.25) is 0 Å². The third-order valence-electron chi connectivity index (χ3n) is 0.931. The Kier molecular flexibility index (Phi) is 1.62. The van der Waals surface area contributed by atoms with E-state index in [1.54, 1.807) is 0 Å². The van der Waals surface area contributed by atoms with Crippen molar-refractivity contribution in [3.05, 3.63) is 29.8 Å². The van der Waals surface area contributed by atoms with Crippen LogP contribution in [0.3, 0.4) is 0 Å². The van der Waals surface area contributed by atoms with Crippen LogP contribution in [0, 0.1) is 11.6 Å². The molecular formula is C6H3F2Si. The summed E-state index contributed by atoms with van der Waals surface area (Å²) in [5.74, 6) is -1.14. The minimum Gasteiger partial charge on any atom is -0.207 e. The highest BCUT2D eigenvalue weighted by Gasteiger charge is 1.95. The minimum atomic E-state index is -0.577. The van der Waals surface area contributed by atoms with Crippen LogP contribution in [0.5, 0.6) is 0 Å². The molecule has 0 spiro atoms. The lowest BCUT2D eigenvalue weighted by Crippen LogP contribution is -2.07. The molecule has 0 nitrogen and oxygen atoms in total. The van der Waals surface area contributed by atoms with Crippen LogP contribution < -0.4 is 5.19 Å². The Morgan fingerprint density at radius 1 is 1.22 bits per heavy atom. The molecule has 0 atom stereocenters. The Balaban J connectivity index is 3.17. The van der Waals surface area contributed by atoms with Gasteiger partial charge in [0.05, 0.1) is 10.2 Å². The maximum atomic E-state index is 12.3. The molecule has 45 valence electrons. The summed E-state index contributed by atoms with van der Waals surface area (Å²) in [6.07, 6.45) is 0. The fraction of sp³-hybridized carbons (Fsp3) is 0. The molecule has 0 fully saturated rings. The average Bonchev–Trinajstić information content (AvgIpc) is 1.80. The molecular weight excluding hydrogens is 138 g/mol. The second-order valence-corrected chi connectivity index (χ2v) is 2.16. The van der Waals surface area contributed by atoms with Crippen LogP contribution in [0.15, 0.2) is 18.2 Å². The molecule has 0 saturated carbocycles. The minimum absolute atomic E-state index is 0.274. The zero-order valence-corrected chi connectivity index (χ0v) is 5.49.